The first kappa shape index (κ1) is 9.21. The Hall–Kier alpha value is -1.35. The average molecular weight is 191 g/mol. The minimum atomic E-state index is -0.837. The molecule has 0 fully saturated rings. The largest absolute Gasteiger partial charge is 0.481 e. The summed E-state index contributed by atoms with van der Waals surface area (Å²) in [4.78, 5) is 11.2. The maximum absolute atomic E-state index is 11.2. The van der Waals surface area contributed by atoms with Gasteiger partial charge in [0, 0.05) is 6.54 Å². The van der Waals surface area contributed by atoms with Crippen LogP contribution in [0.4, 0.5) is 0 Å². The average Bonchev–Trinajstić information content (AvgIpc) is 2.57. The van der Waals surface area contributed by atoms with Gasteiger partial charge in [0.1, 0.15) is 5.41 Å². The molecule has 14 heavy (non-hydrogen) atoms. The smallest absolute Gasteiger partial charge is 0.315 e. The number of aryl methyl sites for hydroxylation is 1. The van der Waals surface area contributed by atoms with E-state index < -0.39 is 11.4 Å². The number of carbonyl (C=O) groups is 1. The number of carboxylic acids is 1. The SMILES string of the molecule is NC[C@]1(C(=O)O)CCc2ccccc21. The fourth-order valence-electron chi connectivity index (χ4n) is 2.21. The van der Waals surface area contributed by atoms with Gasteiger partial charge in [-0.05, 0) is 24.0 Å². The number of hydrogen-bond donors (Lipinski definition) is 2. The van der Waals surface area contributed by atoms with Gasteiger partial charge in [-0.2, -0.15) is 0 Å². The van der Waals surface area contributed by atoms with E-state index >= 15 is 0 Å². The number of fused-ring (bicyclic) bond motifs is 1. The second kappa shape index (κ2) is 3.10. The van der Waals surface area contributed by atoms with Crippen molar-refractivity contribution in [3.05, 3.63) is 35.4 Å². The van der Waals surface area contributed by atoms with Crippen LogP contribution in [0.5, 0.6) is 0 Å². The maximum atomic E-state index is 11.2. The third kappa shape index (κ3) is 1.06. The van der Waals surface area contributed by atoms with Gasteiger partial charge in [0.15, 0.2) is 0 Å². The molecule has 0 aliphatic heterocycles. The van der Waals surface area contributed by atoms with E-state index in [1.165, 1.54) is 0 Å². The Morgan fingerprint density at radius 3 is 2.86 bits per heavy atom. The monoisotopic (exact) mass is 191 g/mol. The third-order valence-electron chi connectivity index (χ3n) is 3.11. The first-order valence-electron chi connectivity index (χ1n) is 4.72. The fourth-order valence-corrected chi connectivity index (χ4v) is 2.21. The molecule has 0 radical (unpaired) electrons. The molecule has 3 N–H and O–H groups in total. The molecule has 1 aromatic rings. The number of carboxylic acid groups (broad SMARTS) is 1. The molecular weight excluding hydrogens is 178 g/mol. The van der Waals surface area contributed by atoms with Crippen LogP contribution in [0.25, 0.3) is 0 Å². The summed E-state index contributed by atoms with van der Waals surface area (Å²) in [5.74, 6) is -0.801. The highest BCUT2D eigenvalue weighted by molar-refractivity contribution is 5.83. The van der Waals surface area contributed by atoms with Gasteiger partial charge in [0.05, 0.1) is 0 Å². The second-order valence-electron chi connectivity index (χ2n) is 3.75. The molecule has 0 aromatic heterocycles. The molecule has 0 spiro atoms. The molecule has 3 heteroatoms. The molecular formula is C11H13NO2. The Bertz CT molecular complexity index is 375. The number of benzene rings is 1. The van der Waals surface area contributed by atoms with Crippen molar-refractivity contribution in [2.24, 2.45) is 5.73 Å². The van der Waals surface area contributed by atoms with Crippen LogP contribution in [0.2, 0.25) is 0 Å². The lowest BCUT2D eigenvalue weighted by Crippen LogP contribution is -2.40. The van der Waals surface area contributed by atoms with E-state index in [1.54, 1.807) is 0 Å². The second-order valence-corrected chi connectivity index (χ2v) is 3.75. The molecule has 3 nitrogen and oxygen atoms in total. The van der Waals surface area contributed by atoms with Crippen molar-refractivity contribution in [3.63, 3.8) is 0 Å². The summed E-state index contributed by atoms with van der Waals surface area (Å²) in [6.07, 6.45) is 1.44. The number of aliphatic carboxylic acids is 1. The van der Waals surface area contributed by atoms with Crippen LogP contribution >= 0.6 is 0 Å². The Balaban J connectivity index is 2.55. The summed E-state index contributed by atoms with van der Waals surface area (Å²) in [6, 6.07) is 7.67. The van der Waals surface area contributed by atoms with Gasteiger partial charge in [-0.15, -0.1) is 0 Å². The summed E-state index contributed by atoms with van der Waals surface area (Å²) in [5, 5.41) is 9.23. The van der Waals surface area contributed by atoms with Crippen LogP contribution in [0.1, 0.15) is 17.5 Å². The molecule has 1 aromatic carbocycles. The quantitative estimate of drug-likeness (QED) is 0.730. The maximum Gasteiger partial charge on any atom is 0.315 e. The van der Waals surface area contributed by atoms with Crippen LogP contribution in [0, 0.1) is 0 Å². The van der Waals surface area contributed by atoms with Crippen LogP contribution in [0.3, 0.4) is 0 Å². The van der Waals surface area contributed by atoms with Crippen molar-refractivity contribution < 1.29 is 9.90 Å². The molecule has 1 aliphatic rings. The highest BCUT2D eigenvalue weighted by atomic mass is 16.4. The number of nitrogens with two attached hydrogens (primary N) is 1. The summed E-state index contributed by atoms with van der Waals surface area (Å²) in [7, 11) is 0. The molecule has 0 saturated heterocycles. The van der Waals surface area contributed by atoms with E-state index in [0.717, 1.165) is 17.5 Å². The standard InChI is InChI=1S/C11H13NO2/c12-7-11(10(13)14)6-5-8-3-1-2-4-9(8)11/h1-4H,5-7,12H2,(H,13,14)/t11-/m1/s1. The first-order chi connectivity index (χ1) is 6.70. The van der Waals surface area contributed by atoms with Gasteiger partial charge in [0.2, 0.25) is 0 Å². The Kier molecular flexibility index (Phi) is 2.04. The molecule has 0 heterocycles. The molecule has 2 rings (SSSR count). The number of hydrogen-bond acceptors (Lipinski definition) is 2. The predicted octanol–water partition coefficient (Wildman–Crippen LogP) is 0.914. The fraction of sp³-hybridized carbons (Fsp3) is 0.364. The lowest BCUT2D eigenvalue weighted by molar-refractivity contribution is -0.143. The minimum absolute atomic E-state index is 0.180. The van der Waals surface area contributed by atoms with Crippen molar-refractivity contribution in [3.8, 4) is 0 Å². The molecule has 1 aliphatic carbocycles. The van der Waals surface area contributed by atoms with E-state index in [1.807, 2.05) is 24.3 Å². The van der Waals surface area contributed by atoms with Crippen molar-refractivity contribution in [2.45, 2.75) is 18.3 Å². The third-order valence-corrected chi connectivity index (χ3v) is 3.11. The van der Waals surface area contributed by atoms with E-state index in [-0.39, 0.29) is 6.54 Å². The molecule has 0 unspecified atom stereocenters. The lowest BCUT2D eigenvalue weighted by Gasteiger charge is -2.23. The van der Waals surface area contributed by atoms with Crippen LogP contribution in [-0.2, 0) is 16.6 Å². The van der Waals surface area contributed by atoms with Crippen molar-refractivity contribution in [2.75, 3.05) is 6.54 Å². The molecule has 0 saturated carbocycles. The number of rotatable bonds is 2. The molecule has 0 amide bonds. The van der Waals surface area contributed by atoms with Crippen molar-refractivity contribution in [1.82, 2.24) is 0 Å². The molecule has 1 atom stereocenters. The zero-order chi connectivity index (χ0) is 10.2. The van der Waals surface area contributed by atoms with Crippen LogP contribution < -0.4 is 5.73 Å². The van der Waals surface area contributed by atoms with Gasteiger partial charge < -0.3 is 10.8 Å². The van der Waals surface area contributed by atoms with Crippen molar-refractivity contribution in [1.29, 1.82) is 0 Å². The minimum Gasteiger partial charge on any atom is -0.481 e. The summed E-state index contributed by atoms with van der Waals surface area (Å²) >= 11 is 0. The van der Waals surface area contributed by atoms with E-state index in [4.69, 9.17) is 5.73 Å². The van der Waals surface area contributed by atoms with E-state index in [0.29, 0.717) is 6.42 Å². The Morgan fingerprint density at radius 1 is 1.50 bits per heavy atom. The van der Waals surface area contributed by atoms with Gasteiger partial charge in [-0.1, -0.05) is 24.3 Å². The molecule has 0 bridgehead atoms. The van der Waals surface area contributed by atoms with Crippen molar-refractivity contribution >= 4 is 5.97 Å². The van der Waals surface area contributed by atoms with Gasteiger partial charge >= 0.3 is 5.97 Å². The Labute approximate surface area is 82.5 Å². The first-order valence-corrected chi connectivity index (χ1v) is 4.72. The zero-order valence-corrected chi connectivity index (χ0v) is 7.86. The molecule has 74 valence electrons. The Morgan fingerprint density at radius 2 is 2.21 bits per heavy atom. The summed E-state index contributed by atoms with van der Waals surface area (Å²) in [6.45, 7) is 0.180. The van der Waals surface area contributed by atoms with Crippen LogP contribution in [0.15, 0.2) is 24.3 Å². The van der Waals surface area contributed by atoms with E-state index in [2.05, 4.69) is 0 Å². The zero-order valence-electron chi connectivity index (χ0n) is 7.86. The highest BCUT2D eigenvalue weighted by Crippen LogP contribution is 2.38. The van der Waals surface area contributed by atoms with Crippen LogP contribution in [-0.4, -0.2) is 17.6 Å². The van der Waals surface area contributed by atoms with Gasteiger partial charge in [0.25, 0.3) is 0 Å². The van der Waals surface area contributed by atoms with Gasteiger partial charge in [-0.25, -0.2) is 0 Å². The summed E-state index contributed by atoms with van der Waals surface area (Å²) in [5.41, 5.74) is 6.79. The topological polar surface area (TPSA) is 63.3 Å². The lowest BCUT2D eigenvalue weighted by atomic mass is 9.82. The normalized spacial score (nSPS) is 24.6. The summed E-state index contributed by atoms with van der Waals surface area (Å²) < 4.78 is 0. The predicted molar refractivity (Wildman–Crippen MR) is 53.1 cm³/mol. The van der Waals surface area contributed by atoms with Gasteiger partial charge in [-0.3, -0.25) is 4.79 Å². The highest BCUT2D eigenvalue weighted by Gasteiger charge is 2.44. The van der Waals surface area contributed by atoms with E-state index in [9.17, 15) is 9.90 Å².